The molecule has 1 heterocycles. The summed E-state index contributed by atoms with van der Waals surface area (Å²) in [4.78, 5) is 7.13. The van der Waals surface area contributed by atoms with Gasteiger partial charge < -0.3 is 9.74 Å². The van der Waals surface area contributed by atoms with Gasteiger partial charge in [0.2, 0.25) is 0 Å². The first-order valence-electron chi connectivity index (χ1n) is 5.95. The van der Waals surface area contributed by atoms with E-state index in [1.165, 1.54) is 16.8 Å². The van der Waals surface area contributed by atoms with Gasteiger partial charge in [-0.05, 0) is 30.5 Å². The molecule has 0 saturated heterocycles. The zero-order valence-corrected chi connectivity index (χ0v) is 10.1. The van der Waals surface area contributed by atoms with Gasteiger partial charge in [-0.25, -0.2) is 5.90 Å². The molecule has 2 N–H and O–H groups in total. The summed E-state index contributed by atoms with van der Waals surface area (Å²) < 4.78 is 0. The molecular weight excluding hydrogens is 200 g/mol. The average molecular weight is 220 g/mol. The van der Waals surface area contributed by atoms with Gasteiger partial charge in [0.1, 0.15) is 0 Å². The third kappa shape index (κ3) is 2.06. The Morgan fingerprint density at radius 1 is 1.50 bits per heavy atom. The maximum absolute atomic E-state index is 5.11. The molecule has 0 spiro atoms. The van der Waals surface area contributed by atoms with Gasteiger partial charge in [-0.1, -0.05) is 19.1 Å². The Kier molecular flexibility index (Phi) is 3.46. The summed E-state index contributed by atoms with van der Waals surface area (Å²) in [6, 6.07) is 6.72. The summed E-state index contributed by atoms with van der Waals surface area (Å²) >= 11 is 0. The summed E-state index contributed by atoms with van der Waals surface area (Å²) in [5.41, 5.74) is 4.18. The van der Waals surface area contributed by atoms with E-state index in [9.17, 15) is 0 Å². The first kappa shape index (κ1) is 11.4. The molecule has 1 aliphatic heterocycles. The minimum atomic E-state index is 0.367. The number of anilines is 1. The summed E-state index contributed by atoms with van der Waals surface area (Å²) in [6.07, 6.45) is 1.16. The van der Waals surface area contributed by atoms with E-state index in [1.807, 2.05) is 0 Å². The lowest BCUT2D eigenvalue weighted by atomic mass is 9.99. The topological polar surface area (TPSA) is 38.5 Å². The fraction of sp³-hybridized carbons (Fsp3) is 0.538. The first-order valence-corrected chi connectivity index (χ1v) is 5.95. The predicted molar refractivity (Wildman–Crippen MR) is 66.6 cm³/mol. The minimum Gasteiger partial charge on any atom is -0.371 e. The lowest BCUT2D eigenvalue weighted by Crippen LogP contribution is -2.19. The number of fused-ring (bicyclic) bond motifs is 1. The molecule has 1 unspecified atom stereocenters. The van der Waals surface area contributed by atoms with Crippen LogP contribution in [0.2, 0.25) is 0 Å². The molecule has 0 radical (unpaired) electrons. The highest BCUT2D eigenvalue weighted by atomic mass is 16.6. The van der Waals surface area contributed by atoms with Gasteiger partial charge in [0, 0.05) is 24.7 Å². The van der Waals surface area contributed by atoms with Crippen LogP contribution in [-0.2, 0) is 11.3 Å². The maximum Gasteiger partial charge on any atom is 0.0745 e. The van der Waals surface area contributed by atoms with Gasteiger partial charge in [0.05, 0.1) is 6.61 Å². The lowest BCUT2D eigenvalue weighted by Gasteiger charge is -2.17. The van der Waals surface area contributed by atoms with Gasteiger partial charge in [-0.3, -0.25) is 0 Å². The van der Waals surface area contributed by atoms with E-state index >= 15 is 0 Å². The standard InChI is InChI=1S/C13H20N2O/c1-3-15-7-6-12-8-11(4-5-13(12)15)10(2)9-16-14/h4-5,8,10H,3,6-7,9,14H2,1-2H3. The number of nitrogens with two attached hydrogens (primary N) is 1. The molecule has 2 rings (SSSR count). The van der Waals surface area contributed by atoms with Crippen molar-refractivity contribution in [2.45, 2.75) is 26.2 Å². The molecule has 1 aliphatic rings. The van der Waals surface area contributed by atoms with Crippen LogP contribution in [0.5, 0.6) is 0 Å². The fourth-order valence-electron chi connectivity index (χ4n) is 2.37. The van der Waals surface area contributed by atoms with Gasteiger partial charge >= 0.3 is 0 Å². The molecule has 0 aliphatic carbocycles. The average Bonchev–Trinajstić information content (AvgIpc) is 2.71. The van der Waals surface area contributed by atoms with Crippen molar-refractivity contribution in [3.8, 4) is 0 Å². The number of rotatable bonds is 4. The van der Waals surface area contributed by atoms with Crippen molar-refractivity contribution < 1.29 is 4.84 Å². The van der Waals surface area contributed by atoms with Gasteiger partial charge in [0.25, 0.3) is 0 Å². The quantitative estimate of drug-likeness (QED) is 0.789. The van der Waals surface area contributed by atoms with Gasteiger partial charge in [-0.15, -0.1) is 0 Å². The molecule has 3 nitrogen and oxygen atoms in total. The summed E-state index contributed by atoms with van der Waals surface area (Å²) in [5.74, 6) is 5.48. The third-order valence-electron chi connectivity index (χ3n) is 3.39. The van der Waals surface area contributed by atoms with Crippen molar-refractivity contribution in [3.05, 3.63) is 29.3 Å². The van der Waals surface area contributed by atoms with Crippen LogP contribution < -0.4 is 10.8 Å². The van der Waals surface area contributed by atoms with Crippen LogP contribution in [-0.4, -0.2) is 19.7 Å². The van der Waals surface area contributed by atoms with E-state index in [1.54, 1.807) is 0 Å². The molecule has 3 heteroatoms. The molecule has 88 valence electrons. The van der Waals surface area contributed by atoms with E-state index in [-0.39, 0.29) is 0 Å². The van der Waals surface area contributed by atoms with E-state index in [4.69, 9.17) is 10.7 Å². The number of benzene rings is 1. The van der Waals surface area contributed by atoms with Crippen molar-refractivity contribution >= 4 is 5.69 Å². The van der Waals surface area contributed by atoms with E-state index in [0.29, 0.717) is 12.5 Å². The van der Waals surface area contributed by atoms with Crippen LogP contribution in [0.3, 0.4) is 0 Å². The van der Waals surface area contributed by atoms with Crippen molar-refractivity contribution in [1.29, 1.82) is 0 Å². The second-order valence-electron chi connectivity index (χ2n) is 4.45. The first-order chi connectivity index (χ1) is 7.76. The van der Waals surface area contributed by atoms with Crippen LogP contribution in [0.4, 0.5) is 5.69 Å². The Hall–Kier alpha value is -1.06. The fourth-order valence-corrected chi connectivity index (χ4v) is 2.37. The molecule has 0 saturated carbocycles. The van der Waals surface area contributed by atoms with Crippen LogP contribution in [0.1, 0.15) is 30.9 Å². The summed E-state index contributed by atoms with van der Waals surface area (Å²) in [6.45, 7) is 7.16. The normalized spacial score (nSPS) is 16.3. The summed E-state index contributed by atoms with van der Waals surface area (Å²) in [5, 5.41) is 0. The molecule has 1 atom stereocenters. The monoisotopic (exact) mass is 220 g/mol. The Morgan fingerprint density at radius 2 is 2.31 bits per heavy atom. The number of likely N-dealkylation sites (N-methyl/N-ethyl adjacent to an activating group) is 1. The third-order valence-corrected chi connectivity index (χ3v) is 3.39. The van der Waals surface area contributed by atoms with Crippen molar-refractivity contribution in [3.63, 3.8) is 0 Å². The number of nitrogens with zero attached hydrogens (tertiary/aromatic N) is 1. The van der Waals surface area contributed by atoms with Crippen molar-refractivity contribution in [2.24, 2.45) is 5.90 Å². The van der Waals surface area contributed by atoms with E-state index in [0.717, 1.165) is 19.5 Å². The molecule has 0 aromatic heterocycles. The number of hydrogen-bond acceptors (Lipinski definition) is 3. The molecule has 16 heavy (non-hydrogen) atoms. The molecule has 0 bridgehead atoms. The Bertz CT molecular complexity index is 365. The van der Waals surface area contributed by atoms with Crippen LogP contribution in [0.25, 0.3) is 0 Å². The highest BCUT2D eigenvalue weighted by Crippen LogP contribution is 2.30. The lowest BCUT2D eigenvalue weighted by molar-refractivity contribution is 0.126. The smallest absolute Gasteiger partial charge is 0.0745 e. The van der Waals surface area contributed by atoms with Crippen molar-refractivity contribution in [2.75, 3.05) is 24.6 Å². The minimum absolute atomic E-state index is 0.367. The molecule has 1 aromatic rings. The highest BCUT2D eigenvalue weighted by molar-refractivity contribution is 5.59. The van der Waals surface area contributed by atoms with Gasteiger partial charge in [0.15, 0.2) is 0 Å². The predicted octanol–water partition coefficient (Wildman–Crippen LogP) is 2.06. The SMILES string of the molecule is CCN1CCc2cc(C(C)CON)ccc21. The van der Waals surface area contributed by atoms with Crippen LogP contribution >= 0.6 is 0 Å². The second-order valence-corrected chi connectivity index (χ2v) is 4.45. The van der Waals surface area contributed by atoms with E-state index < -0.39 is 0 Å². The highest BCUT2D eigenvalue weighted by Gasteiger charge is 2.18. The molecule has 0 amide bonds. The largest absolute Gasteiger partial charge is 0.371 e. The molecular formula is C13H20N2O. The Balaban J connectivity index is 2.21. The number of hydrogen-bond donors (Lipinski definition) is 1. The zero-order chi connectivity index (χ0) is 11.5. The maximum atomic E-state index is 5.11. The van der Waals surface area contributed by atoms with Crippen molar-refractivity contribution in [1.82, 2.24) is 0 Å². The van der Waals surface area contributed by atoms with E-state index in [2.05, 4.69) is 36.9 Å². The van der Waals surface area contributed by atoms with Gasteiger partial charge in [-0.2, -0.15) is 0 Å². The Labute approximate surface area is 97.1 Å². The second kappa shape index (κ2) is 4.85. The zero-order valence-electron chi connectivity index (χ0n) is 10.1. The molecule has 1 aromatic carbocycles. The van der Waals surface area contributed by atoms with Crippen LogP contribution in [0, 0.1) is 0 Å². The summed E-state index contributed by atoms with van der Waals surface area (Å²) in [7, 11) is 0. The Morgan fingerprint density at radius 3 is 3.00 bits per heavy atom. The van der Waals surface area contributed by atoms with Crippen LogP contribution in [0.15, 0.2) is 18.2 Å². The molecule has 0 fully saturated rings.